The Kier molecular flexibility index (Phi) is 7.01. The average molecular weight is 491 g/mol. The second-order valence-corrected chi connectivity index (χ2v) is 8.49. The number of hydrogen-bond acceptors (Lipinski definition) is 5. The number of carboxylic acid groups (broad SMARTS) is 1. The summed E-state index contributed by atoms with van der Waals surface area (Å²) in [7, 11) is -4.31. The highest BCUT2D eigenvalue weighted by molar-refractivity contribution is 7.92. The molecule has 3 N–H and O–H groups in total. The molecular formula is C22H16F3N3O5S. The maximum atomic E-state index is 12.9. The number of nitrogens with zero attached hydrogens (tertiary/aromatic N) is 1. The third-order valence-electron chi connectivity index (χ3n) is 4.41. The van der Waals surface area contributed by atoms with Gasteiger partial charge in [-0.25, -0.2) is 18.6 Å². The summed E-state index contributed by atoms with van der Waals surface area (Å²) in [5, 5.41) is 12.8. The Morgan fingerprint density at radius 3 is 2.35 bits per heavy atom. The van der Waals surface area contributed by atoms with Crippen molar-refractivity contribution in [1.29, 1.82) is 0 Å². The Morgan fingerprint density at radius 1 is 0.941 bits per heavy atom. The molecule has 0 fully saturated rings. The summed E-state index contributed by atoms with van der Waals surface area (Å²) in [4.78, 5) is 23.2. The van der Waals surface area contributed by atoms with E-state index in [2.05, 4.69) is 10.5 Å². The van der Waals surface area contributed by atoms with Gasteiger partial charge in [0, 0.05) is 16.8 Å². The van der Waals surface area contributed by atoms with Gasteiger partial charge in [-0.3, -0.25) is 9.52 Å². The van der Waals surface area contributed by atoms with Crippen LogP contribution >= 0.6 is 0 Å². The fourth-order valence-electron chi connectivity index (χ4n) is 2.81. The van der Waals surface area contributed by atoms with E-state index in [-0.39, 0.29) is 27.3 Å². The van der Waals surface area contributed by atoms with Crippen molar-refractivity contribution in [2.24, 2.45) is 5.10 Å². The molecule has 3 aromatic carbocycles. The van der Waals surface area contributed by atoms with Crippen molar-refractivity contribution in [3.63, 3.8) is 0 Å². The molecule has 0 aliphatic carbocycles. The second kappa shape index (κ2) is 9.75. The molecule has 0 radical (unpaired) electrons. The van der Waals surface area contributed by atoms with Gasteiger partial charge in [-0.1, -0.05) is 30.3 Å². The van der Waals surface area contributed by atoms with Crippen LogP contribution in [-0.2, 0) is 16.2 Å². The molecule has 0 heterocycles. The number of carbonyl (C=O) groups excluding carboxylic acids is 1. The highest BCUT2D eigenvalue weighted by Gasteiger charge is 2.30. The predicted molar refractivity (Wildman–Crippen MR) is 117 cm³/mol. The van der Waals surface area contributed by atoms with Gasteiger partial charge in [-0.2, -0.15) is 18.3 Å². The number of carbonyl (C=O) groups is 2. The van der Waals surface area contributed by atoms with Gasteiger partial charge in [0.1, 0.15) is 0 Å². The molecule has 0 aliphatic heterocycles. The summed E-state index contributed by atoms with van der Waals surface area (Å²) in [6.07, 6.45) is -3.53. The van der Waals surface area contributed by atoms with E-state index >= 15 is 0 Å². The Balaban J connectivity index is 1.76. The van der Waals surface area contributed by atoms with Crippen molar-refractivity contribution in [3.8, 4) is 0 Å². The van der Waals surface area contributed by atoms with E-state index < -0.39 is 33.6 Å². The van der Waals surface area contributed by atoms with E-state index in [1.54, 1.807) is 6.07 Å². The van der Waals surface area contributed by atoms with Crippen molar-refractivity contribution in [3.05, 3.63) is 95.1 Å². The summed E-state index contributed by atoms with van der Waals surface area (Å²) >= 11 is 0. The number of nitrogens with one attached hydrogen (secondary N) is 2. The lowest BCUT2D eigenvalue weighted by Gasteiger charge is -2.12. The fourth-order valence-corrected chi connectivity index (χ4v) is 3.90. The molecule has 0 aromatic heterocycles. The molecule has 8 nitrogen and oxygen atoms in total. The van der Waals surface area contributed by atoms with Crippen LogP contribution < -0.4 is 10.1 Å². The topological polar surface area (TPSA) is 125 Å². The number of carboxylic acids is 1. The molecule has 0 unspecified atom stereocenters. The molecule has 176 valence electrons. The molecule has 0 aliphatic rings. The van der Waals surface area contributed by atoms with Crippen LogP contribution in [0.25, 0.3) is 0 Å². The number of rotatable bonds is 7. The third-order valence-corrected chi connectivity index (χ3v) is 5.79. The molecule has 0 saturated carbocycles. The van der Waals surface area contributed by atoms with Crippen molar-refractivity contribution >= 4 is 33.8 Å². The highest BCUT2D eigenvalue weighted by Crippen LogP contribution is 2.31. The van der Waals surface area contributed by atoms with Gasteiger partial charge in [0.2, 0.25) is 0 Å². The average Bonchev–Trinajstić information content (AvgIpc) is 2.78. The number of amides is 1. The van der Waals surface area contributed by atoms with E-state index in [0.717, 1.165) is 30.5 Å². The first-order valence-corrected chi connectivity index (χ1v) is 10.9. The molecule has 34 heavy (non-hydrogen) atoms. The summed E-state index contributed by atoms with van der Waals surface area (Å²) in [6.45, 7) is 0. The van der Waals surface area contributed by atoms with Crippen LogP contribution in [0.1, 0.15) is 31.8 Å². The van der Waals surface area contributed by atoms with Crippen LogP contribution in [0.2, 0.25) is 0 Å². The minimum atomic E-state index is -4.65. The molecular weight excluding hydrogens is 475 g/mol. The molecule has 3 rings (SSSR count). The SMILES string of the molecule is O=C(N/N=C/c1ccccc1C(=O)O)c1cccc(S(=O)(=O)Nc2cccc(C(F)(F)F)c2)c1. The van der Waals surface area contributed by atoms with Crippen LogP contribution in [-0.4, -0.2) is 31.6 Å². The lowest BCUT2D eigenvalue weighted by Crippen LogP contribution is -2.19. The first-order chi connectivity index (χ1) is 16.0. The Labute approximate surface area is 191 Å². The number of hydrazone groups is 1. The number of benzene rings is 3. The van der Waals surface area contributed by atoms with E-state index in [1.807, 2.05) is 4.72 Å². The quantitative estimate of drug-likeness (QED) is 0.341. The van der Waals surface area contributed by atoms with Gasteiger partial charge in [-0.15, -0.1) is 0 Å². The van der Waals surface area contributed by atoms with Crippen molar-refractivity contribution in [1.82, 2.24) is 5.43 Å². The fraction of sp³-hybridized carbons (Fsp3) is 0.0455. The Bertz CT molecular complexity index is 1370. The summed E-state index contributed by atoms with van der Waals surface area (Å²) in [5.41, 5.74) is 0.938. The van der Waals surface area contributed by atoms with Gasteiger partial charge in [0.05, 0.1) is 22.2 Å². The normalized spacial score (nSPS) is 11.9. The molecule has 1 amide bonds. The zero-order valence-corrected chi connectivity index (χ0v) is 17.9. The van der Waals surface area contributed by atoms with Crippen molar-refractivity contribution in [2.45, 2.75) is 11.1 Å². The number of halogens is 3. The maximum Gasteiger partial charge on any atom is 0.416 e. The molecule has 0 saturated heterocycles. The van der Waals surface area contributed by atoms with Gasteiger partial charge in [0.25, 0.3) is 15.9 Å². The zero-order chi connectivity index (χ0) is 24.9. The van der Waals surface area contributed by atoms with Gasteiger partial charge in [0.15, 0.2) is 0 Å². The van der Waals surface area contributed by atoms with Gasteiger partial charge >= 0.3 is 12.1 Å². The number of alkyl halides is 3. The summed E-state index contributed by atoms with van der Waals surface area (Å²) in [5.74, 6) is -1.97. The Hall–Kier alpha value is -4.19. The first kappa shape index (κ1) is 24.5. The van der Waals surface area contributed by atoms with Crippen LogP contribution in [0.15, 0.2) is 82.8 Å². The number of sulfonamides is 1. The highest BCUT2D eigenvalue weighted by atomic mass is 32.2. The monoisotopic (exact) mass is 491 g/mol. The van der Waals surface area contributed by atoms with Crippen molar-refractivity contribution < 1.29 is 36.3 Å². The van der Waals surface area contributed by atoms with E-state index in [4.69, 9.17) is 5.11 Å². The van der Waals surface area contributed by atoms with E-state index in [0.29, 0.717) is 6.07 Å². The van der Waals surface area contributed by atoms with Crippen molar-refractivity contribution in [2.75, 3.05) is 4.72 Å². The summed E-state index contributed by atoms with van der Waals surface area (Å²) in [6, 6.07) is 14.4. The Morgan fingerprint density at radius 2 is 1.65 bits per heavy atom. The van der Waals surface area contributed by atoms with E-state index in [1.165, 1.54) is 36.4 Å². The van der Waals surface area contributed by atoms with E-state index in [9.17, 15) is 31.2 Å². The lowest BCUT2D eigenvalue weighted by molar-refractivity contribution is -0.137. The standard InChI is InChI=1S/C22H16F3N3O5S/c23-22(24,25)16-7-4-8-17(12-16)28-34(32,33)18-9-3-6-14(11-18)20(29)27-26-13-15-5-1-2-10-19(15)21(30)31/h1-13,28H,(H,27,29)(H,30,31)/b26-13+. The van der Waals surface area contributed by atoms with Crippen LogP contribution in [0.4, 0.5) is 18.9 Å². The smallest absolute Gasteiger partial charge is 0.416 e. The molecule has 0 atom stereocenters. The zero-order valence-electron chi connectivity index (χ0n) is 17.1. The molecule has 0 bridgehead atoms. The molecule has 0 spiro atoms. The maximum absolute atomic E-state index is 12.9. The number of hydrogen-bond donors (Lipinski definition) is 3. The largest absolute Gasteiger partial charge is 0.478 e. The van der Waals surface area contributed by atoms with Crippen LogP contribution in [0.3, 0.4) is 0 Å². The van der Waals surface area contributed by atoms with Crippen LogP contribution in [0.5, 0.6) is 0 Å². The van der Waals surface area contributed by atoms with Crippen LogP contribution in [0, 0.1) is 0 Å². The second-order valence-electron chi connectivity index (χ2n) is 6.80. The third kappa shape index (κ3) is 5.98. The molecule has 3 aromatic rings. The first-order valence-electron chi connectivity index (χ1n) is 9.43. The minimum absolute atomic E-state index is 0.0331. The predicted octanol–water partition coefficient (Wildman–Crippen LogP) is 3.97. The summed E-state index contributed by atoms with van der Waals surface area (Å²) < 4.78 is 65.9. The number of anilines is 1. The molecule has 12 heteroatoms. The minimum Gasteiger partial charge on any atom is -0.478 e. The lowest BCUT2D eigenvalue weighted by atomic mass is 10.1. The van der Waals surface area contributed by atoms with Gasteiger partial charge < -0.3 is 5.11 Å². The number of aromatic carboxylic acids is 1. The van der Waals surface area contributed by atoms with Gasteiger partial charge in [-0.05, 0) is 42.5 Å².